The van der Waals surface area contributed by atoms with Crippen molar-refractivity contribution in [1.29, 1.82) is 0 Å². The van der Waals surface area contributed by atoms with E-state index in [4.69, 9.17) is 4.99 Å². The van der Waals surface area contributed by atoms with E-state index in [1.54, 1.807) is 0 Å². The van der Waals surface area contributed by atoms with E-state index in [2.05, 4.69) is 44.7 Å². The molecule has 0 aromatic heterocycles. The highest BCUT2D eigenvalue weighted by Crippen LogP contribution is 2.44. The molecule has 1 fully saturated rings. The Hall–Kier alpha value is -3.11. The number of nitrogens with zero attached hydrogens (tertiary/aromatic N) is 1. The van der Waals surface area contributed by atoms with Crippen LogP contribution in [0.5, 0.6) is 0 Å². The molecule has 198 valence electrons. The van der Waals surface area contributed by atoms with Crippen molar-refractivity contribution < 1.29 is 14.7 Å². The number of carbonyl (C=O) groups excluding carboxylic acids is 2. The number of ketones is 2. The third-order valence-corrected chi connectivity index (χ3v) is 8.81. The SMILES string of the molecule is C=C(C(=O)C1CCC2=C(C1)N=C(C(C)C)C(C(c1ccccc1)c1ccccc1)C2=O)C1CCC(O)CC1. The Bertz CT molecular complexity index is 1210. The van der Waals surface area contributed by atoms with Gasteiger partial charge in [0.05, 0.1) is 12.0 Å². The number of aliphatic imine (C=N–C) groups is 1. The number of hydrogen-bond acceptors (Lipinski definition) is 4. The topological polar surface area (TPSA) is 66.7 Å². The summed E-state index contributed by atoms with van der Waals surface area (Å²) in [5.74, 6) is -0.0786. The number of rotatable bonds is 7. The smallest absolute Gasteiger partial charge is 0.170 e. The molecule has 2 aliphatic carbocycles. The molecule has 0 amide bonds. The zero-order chi connectivity index (χ0) is 26.8. The van der Waals surface area contributed by atoms with Crippen LogP contribution in [0.15, 0.2) is 89.1 Å². The minimum Gasteiger partial charge on any atom is -0.393 e. The fraction of sp³-hybridized carbons (Fsp3) is 0.441. The molecule has 3 aliphatic rings. The first-order valence-electron chi connectivity index (χ1n) is 14.2. The standard InChI is InChI=1S/C34H39NO3/c1-21(2)32-31(30(24-10-6-4-7-11-24)25-12-8-5-9-13-25)34(38)28-19-16-26(20-29(28)35-32)33(37)22(3)23-14-17-27(36)18-15-23/h4-13,21,23,26-27,30-31,36H,3,14-20H2,1-2H3. The lowest BCUT2D eigenvalue weighted by atomic mass is 9.68. The van der Waals surface area contributed by atoms with E-state index in [9.17, 15) is 14.7 Å². The fourth-order valence-corrected chi connectivity index (χ4v) is 6.67. The highest BCUT2D eigenvalue weighted by atomic mass is 16.3. The van der Waals surface area contributed by atoms with E-state index in [0.29, 0.717) is 24.8 Å². The lowest BCUT2D eigenvalue weighted by Gasteiger charge is -2.37. The molecule has 1 heterocycles. The molecule has 5 rings (SSSR count). The number of Topliss-reactive ketones (excluding diaryl/α,β-unsaturated/α-hetero) is 2. The molecule has 2 aromatic carbocycles. The summed E-state index contributed by atoms with van der Waals surface area (Å²) in [7, 11) is 0. The summed E-state index contributed by atoms with van der Waals surface area (Å²) in [6.07, 6.45) is 4.63. The number of carbonyl (C=O) groups is 2. The van der Waals surface area contributed by atoms with Gasteiger partial charge in [0, 0.05) is 35.2 Å². The fourth-order valence-electron chi connectivity index (χ4n) is 6.67. The number of benzene rings is 2. The van der Waals surface area contributed by atoms with E-state index in [1.807, 2.05) is 36.4 Å². The summed E-state index contributed by atoms with van der Waals surface area (Å²) in [6, 6.07) is 20.6. The van der Waals surface area contributed by atoms with E-state index < -0.39 is 0 Å². The molecule has 0 bridgehead atoms. The molecular weight excluding hydrogens is 470 g/mol. The molecule has 0 spiro atoms. The first-order chi connectivity index (χ1) is 18.3. The van der Waals surface area contributed by atoms with Gasteiger partial charge in [0.15, 0.2) is 11.6 Å². The van der Waals surface area contributed by atoms with Gasteiger partial charge in [0.2, 0.25) is 0 Å². The Kier molecular flexibility index (Phi) is 7.90. The van der Waals surface area contributed by atoms with Crippen molar-refractivity contribution in [2.24, 2.45) is 28.7 Å². The molecule has 2 atom stereocenters. The van der Waals surface area contributed by atoms with Gasteiger partial charge in [-0.2, -0.15) is 0 Å². The number of aliphatic hydroxyl groups is 1. The van der Waals surface area contributed by atoms with Gasteiger partial charge in [0.1, 0.15) is 0 Å². The largest absolute Gasteiger partial charge is 0.393 e. The van der Waals surface area contributed by atoms with Gasteiger partial charge in [-0.15, -0.1) is 0 Å². The Morgan fingerprint density at radius 3 is 2.03 bits per heavy atom. The summed E-state index contributed by atoms with van der Waals surface area (Å²) in [5.41, 5.74) is 5.48. The van der Waals surface area contributed by atoms with Crippen molar-refractivity contribution in [3.63, 3.8) is 0 Å². The van der Waals surface area contributed by atoms with Crippen molar-refractivity contribution in [1.82, 2.24) is 0 Å². The zero-order valence-electron chi connectivity index (χ0n) is 22.6. The summed E-state index contributed by atoms with van der Waals surface area (Å²) >= 11 is 0. The highest BCUT2D eigenvalue weighted by molar-refractivity contribution is 6.16. The first-order valence-corrected chi connectivity index (χ1v) is 14.2. The van der Waals surface area contributed by atoms with E-state index in [1.165, 1.54) is 0 Å². The summed E-state index contributed by atoms with van der Waals surface area (Å²) < 4.78 is 0. The Labute approximate surface area is 226 Å². The second-order valence-electron chi connectivity index (χ2n) is 11.6. The van der Waals surface area contributed by atoms with Crippen LogP contribution in [-0.4, -0.2) is 28.5 Å². The maximum absolute atomic E-state index is 14.3. The molecule has 0 saturated heterocycles. The van der Waals surface area contributed by atoms with Crippen molar-refractivity contribution >= 4 is 17.3 Å². The van der Waals surface area contributed by atoms with Crippen LogP contribution in [0.4, 0.5) is 0 Å². The zero-order valence-corrected chi connectivity index (χ0v) is 22.6. The predicted octanol–water partition coefficient (Wildman–Crippen LogP) is 6.85. The first kappa shape index (κ1) is 26.5. The average molecular weight is 510 g/mol. The van der Waals surface area contributed by atoms with Crippen LogP contribution < -0.4 is 0 Å². The lowest BCUT2D eigenvalue weighted by Crippen LogP contribution is -2.39. The quantitative estimate of drug-likeness (QED) is 0.415. The van der Waals surface area contributed by atoms with E-state index >= 15 is 0 Å². The van der Waals surface area contributed by atoms with Crippen LogP contribution in [0.1, 0.15) is 75.8 Å². The monoisotopic (exact) mass is 509 g/mol. The normalized spacial score (nSPS) is 25.8. The summed E-state index contributed by atoms with van der Waals surface area (Å²) in [5, 5.41) is 9.86. The second kappa shape index (κ2) is 11.3. The van der Waals surface area contributed by atoms with Crippen molar-refractivity contribution in [3.05, 3.63) is 95.2 Å². The molecule has 1 saturated carbocycles. The summed E-state index contributed by atoms with van der Waals surface area (Å²) in [4.78, 5) is 32.9. The second-order valence-corrected chi connectivity index (χ2v) is 11.6. The number of hydrogen-bond donors (Lipinski definition) is 1. The van der Waals surface area contributed by atoms with Crippen LogP contribution in [0, 0.1) is 23.7 Å². The molecule has 4 heteroatoms. The molecule has 2 aromatic rings. The molecule has 4 nitrogen and oxygen atoms in total. The van der Waals surface area contributed by atoms with Gasteiger partial charge in [0.25, 0.3) is 0 Å². The molecule has 0 radical (unpaired) electrons. The molecule has 2 unspecified atom stereocenters. The number of allylic oxidation sites excluding steroid dienone is 3. The summed E-state index contributed by atoms with van der Waals surface area (Å²) in [6.45, 7) is 8.42. The van der Waals surface area contributed by atoms with Crippen molar-refractivity contribution in [2.75, 3.05) is 0 Å². The van der Waals surface area contributed by atoms with Crippen molar-refractivity contribution in [2.45, 2.75) is 70.8 Å². The highest BCUT2D eigenvalue weighted by Gasteiger charge is 2.43. The van der Waals surface area contributed by atoms with Gasteiger partial charge in [-0.3, -0.25) is 14.6 Å². The van der Waals surface area contributed by atoms with Crippen LogP contribution in [0.3, 0.4) is 0 Å². The van der Waals surface area contributed by atoms with Crippen LogP contribution >= 0.6 is 0 Å². The van der Waals surface area contributed by atoms with Crippen molar-refractivity contribution in [3.8, 4) is 0 Å². The maximum Gasteiger partial charge on any atom is 0.170 e. The Balaban J connectivity index is 1.44. The third kappa shape index (κ3) is 5.24. The lowest BCUT2D eigenvalue weighted by molar-refractivity contribution is -0.121. The van der Waals surface area contributed by atoms with Crippen LogP contribution in [0.2, 0.25) is 0 Å². The van der Waals surface area contributed by atoms with E-state index in [-0.39, 0.29) is 47.3 Å². The molecular formula is C34H39NO3. The minimum atomic E-state index is -0.352. The average Bonchev–Trinajstić information content (AvgIpc) is 2.94. The molecule has 1 N–H and O–H groups in total. The Morgan fingerprint density at radius 2 is 1.47 bits per heavy atom. The van der Waals surface area contributed by atoms with Crippen LogP contribution in [0.25, 0.3) is 0 Å². The van der Waals surface area contributed by atoms with Gasteiger partial charge in [-0.1, -0.05) is 81.1 Å². The van der Waals surface area contributed by atoms with Gasteiger partial charge in [-0.05, 0) is 67.1 Å². The predicted molar refractivity (Wildman–Crippen MR) is 152 cm³/mol. The van der Waals surface area contributed by atoms with Gasteiger partial charge >= 0.3 is 0 Å². The van der Waals surface area contributed by atoms with Crippen LogP contribution in [-0.2, 0) is 9.59 Å². The number of aliphatic hydroxyl groups excluding tert-OH is 1. The maximum atomic E-state index is 14.3. The minimum absolute atomic E-state index is 0.104. The third-order valence-electron chi connectivity index (χ3n) is 8.81. The van der Waals surface area contributed by atoms with Gasteiger partial charge in [-0.25, -0.2) is 0 Å². The Morgan fingerprint density at radius 1 is 0.895 bits per heavy atom. The van der Waals surface area contributed by atoms with E-state index in [0.717, 1.165) is 53.8 Å². The molecule has 38 heavy (non-hydrogen) atoms. The van der Waals surface area contributed by atoms with Gasteiger partial charge < -0.3 is 5.11 Å². The molecule has 1 aliphatic heterocycles.